The summed E-state index contributed by atoms with van der Waals surface area (Å²) in [5.74, 6) is 2.53. The fraction of sp³-hybridized carbons (Fsp3) is 0.640. The third kappa shape index (κ3) is 7.93. The highest BCUT2D eigenvalue weighted by molar-refractivity contribution is 5.85. The van der Waals surface area contributed by atoms with Gasteiger partial charge in [-0.3, -0.25) is 9.89 Å². The number of aryl methyl sites for hydroxylation is 2. The lowest BCUT2D eigenvalue weighted by atomic mass is 9.92. The molecule has 10 heteroatoms. The van der Waals surface area contributed by atoms with Crippen LogP contribution in [0.5, 0.6) is 0 Å². The number of ether oxygens (including phenoxy) is 1. The highest BCUT2D eigenvalue weighted by atomic mass is 16.6. The van der Waals surface area contributed by atoms with E-state index in [-0.39, 0.29) is 17.7 Å². The average molecular weight is 486 g/mol. The molecule has 3 heterocycles. The average Bonchev–Trinajstić information content (AvgIpc) is 3.15. The molecule has 2 aromatic heterocycles. The van der Waals surface area contributed by atoms with Crippen LogP contribution in [-0.4, -0.2) is 61.8 Å². The number of carbonyl (C=O) groups excluding carboxylic acids is 2. The predicted octanol–water partition coefficient (Wildman–Crippen LogP) is 4.21. The zero-order valence-electron chi connectivity index (χ0n) is 21.9. The van der Waals surface area contributed by atoms with E-state index >= 15 is 0 Å². The number of nitrogens with one attached hydrogen (secondary N) is 3. The number of aromatic nitrogens is 4. The Morgan fingerprint density at radius 3 is 2.40 bits per heavy atom. The SMILES string of the molecule is Cc1nc(Nc2cc(C)[nH]n2)cc(C2CCN(C(=O)[C@H](CC(C)C)NC(=O)OC(C)(C)C)CC2)n1. The maximum atomic E-state index is 13.3. The predicted molar refractivity (Wildman–Crippen MR) is 135 cm³/mol. The van der Waals surface area contributed by atoms with Crippen molar-refractivity contribution in [1.82, 2.24) is 30.4 Å². The van der Waals surface area contributed by atoms with Crippen LogP contribution < -0.4 is 10.6 Å². The number of alkyl carbamates (subject to hydrolysis) is 1. The van der Waals surface area contributed by atoms with Crippen molar-refractivity contribution >= 4 is 23.6 Å². The number of H-pyrrole nitrogens is 1. The lowest BCUT2D eigenvalue weighted by molar-refractivity contribution is -0.135. The molecule has 0 aromatic carbocycles. The molecule has 10 nitrogen and oxygen atoms in total. The zero-order chi connectivity index (χ0) is 25.8. The first-order valence-electron chi connectivity index (χ1n) is 12.3. The minimum atomic E-state index is -0.618. The fourth-order valence-corrected chi connectivity index (χ4v) is 4.24. The van der Waals surface area contributed by atoms with Crippen molar-refractivity contribution in [3.63, 3.8) is 0 Å². The van der Waals surface area contributed by atoms with Crippen molar-refractivity contribution < 1.29 is 14.3 Å². The second-order valence-electron chi connectivity index (χ2n) is 10.7. The van der Waals surface area contributed by atoms with Crippen molar-refractivity contribution in [2.24, 2.45) is 5.92 Å². The lowest BCUT2D eigenvalue weighted by Gasteiger charge is -2.35. The number of nitrogens with zero attached hydrogens (tertiary/aromatic N) is 4. The summed E-state index contributed by atoms with van der Waals surface area (Å²) < 4.78 is 5.38. The fourth-order valence-electron chi connectivity index (χ4n) is 4.24. The number of rotatable bonds is 7. The lowest BCUT2D eigenvalue weighted by Crippen LogP contribution is -2.51. The molecule has 0 bridgehead atoms. The summed E-state index contributed by atoms with van der Waals surface area (Å²) in [7, 11) is 0. The van der Waals surface area contributed by atoms with Crippen LogP contribution in [0, 0.1) is 19.8 Å². The third-order valence-electron chi connectivity index (χ3n) is 5.74. The quantitative estimate of drug-likeness (QED) is 0.536. The summed E-state index contributed by atoms with van der Waals surface area (Å²) in [5.41, 5.74) is 1.31. The van der Waals surface area contributed by atoms with Crippen molar-refractivity contribution in [3.05, 3.63) is 29.3 Å². The first kappa shape index (κ1) is 26.4. The topological polar surface area (TPSA) is 125 Å². The van der Waals surface area contributed by atoms with Crippen LogP contribution in [-0.2, 0) is 9.53 Å². The van der Waals surface area contributed by atoms with Crippen LogP contribution in [0.1, 0.15) is 77.0 Å². The molecular formula is C25H39N7O3. The van der Waals surface area contributed by atoms with Crippen molar-refractivity contribution in [1.29, 1.82) is 0 Å². The molecule has 0 unspecified atom stereocenters. The van der Waals surface area contributed by atoms with Gasteiger partial charge in [-0.1, -0.05) is 13.8 Å². The van der Waals surface area contributed by atoms with E-state index in [0.29, 0.717) is 37.0 Å². The Labute approximate surface area is 207 Å². The van der Waals surface area contributed by atoms with Crippen LogP contribution in [0.2, 0.25) is 0 Å². The van der Waals surface area contributed by atoms with E-state index in [4.69, 9.17) is 4.74 Å². The Morgan fingerprint density at radius 2 is 1.83 bits per heavy atom. The Hall–Kier alpha value is -3.17. The third-order valence-corrected chi connectivity index (χ3v) is 5.74. The Balaban J connectivity index is 1.63. The van der Waals surface area contributed by atoms with Crippen molar-refractivity contribution in [2.75, 3.05) is 18.4 Å². The van der Waals surface area contributed by atoms with Crippen LogP contribution in [0.4, 0.5) is 16.4 Å². The van der Waals surface area contributed by atoms with Gasteiger partial charge in [0.05, 0.1) is 0 Å². The maximum absolute atomic E-state index is 13.3. The normalized spacial score (nSPS) is 15.7. The van der Waals surface area contributed by atoms with Gasteiger partial charge in [-0.25, -0.2) is 14.8 Å². The molecule has 1 fully saturated rings. The number of hydrogen-bond donors (Lipinski definition) is 3. The molecule has 2 aromatic rings. The monoisotopic (exact) mass is 485 g/mol. The molecule has 1 aliphatic rings. The van der Waals surface area contributed by atoms with Gasteiger partial charge < -0.3 is 20.3 Å². The van der Waals surface area contributed by atoms with Gasteiger partial charge in [-0.2, -0.15) is 5.10 Å². The second-order valence-corrected chi connectivity index (χ2v) is 10.7. The Kier molecular flexibility index (Phi) is 8.34. The summed E-state index contributed by atoms with van der Waals surface area (Å²) in [5, 5.41) is 13.1. The molecule has 1 saturated heterocycles. The van der Waals surface area contributed by atoms with Crippen LogP contribution in [0.3, 0.4) is 0 Å². The molecular weight excluding hydrogens is 446 g/mol. The number of amides is 2. The van der Waals surface area contributed by atoms with E-state index in [1.54, 1.807) is 0 Å². The van der Waals surface area contributed by atoms with Gasteiger partial charge in [0.15, 0.2) is 5.82 Å². The van der Waals surface area contributed by atoms with Gasteiger partial charge in [0.1, 0.15) is 23.3 Å². The summed E-state index contributed by atoms with van der Waals surface area (Å²) in [6.07, 6.45) is 1.59. The van der Waals surface area contributed by atoms with Gasteiger partial charge in [-0.15, -0.1) is 0 Å². The van der Waals surface area contributed by atoms with E-state index in [1.807, 2.05) is 65.5 Å². The van der Waals surface area contributed by atoms with Gasteiger partial charge >= 0.3 is 6.09 Å². The highest BCUT2D eigenvalue weighted by Gasteiger charge is 2.32. The maximum Gasteiger partial charge on any atom is 0.408 e. The van der Waals surface area contributed by atoms with E-state index in [2.05, 4.69) is 30.8 Å². The minimum absolute atomic E-state index is 0.0573. The first-order chi connectivity index (χ1) is 16.4. The number of piperidine rings is 1. The van der Waals surface area contributed by atoms with Crippen molar-refractivity contribution in [2.45, 2.75) is 85.3 Å². The Bertz CT molecular complexity index is 1020. The van der Waals surface area contributed by atoms with E-state index in [1.165, 1.54) is 0 Å². The number of carbonyl (C=O) groups is 2. The smallest absolute Gasteiger partial charge is 0.408 e. The van der Waals surface area contributed by atoms with E-state index in [9.17, 15) is 9.59 Å². The van der Waals surface area contributed by atoms with Crippen LogP contribution >= 0.6 is 0 Å². The van der Waals surface area contributed by atoms with Crippen LogP contribution in [0.15, 0.2) is 12.1 Å². The van der Waals surface area contributed by atoms with Gasteiger partial charge in [0, 0.05) is 42.5 Å². The van der Waals surface area contributed by atoms with Gasteiger partial charge in [0.25, 0.3) is 0 Å². The minimum Gasteiger partial charge on any atom is -0.444 e. The van der Waals surface area contributed by atoms with Crippen LogP contribution in [0.25, 0.3) is 0 Å². The number of hydrogen-bond acceptors (Lipinski definition) is 7. The Morgan fingerprint density at radius 1 is 1.14 bits per heavy atom. The van der Waals surface area contributed by atoms with E-state index in [0.717, 1.165) is 24.2 Å². The summed E-state index contributed by atoms with van der Waals surface area (Å²) in [6, 6.07) is 3.28. The molecule has 3 rings (SSSR count). The molecule has 192 valence electrons. The van der Waals surface area contributed by atoms with E-state index < -0.39 is 17.7 Å². The second kappa shape index (κ2) is 11.0. The molecule has 0 radical (unpaired) electrons. The number of likely N-dealkylation sites (tertiary alicyclic amines) is 1. The molecule has 35 heavy (non-hydrogen) atoms. The van der Waals surface area contributed by atoms with Crippen molar-refractivity contribution in [3.8, 4) is 0 Å². The molecule has 1 aliphatic heterocycles. The molecule has 3 N–H and O–H groups in total. The summed E-state index contributed by atoms with van der Waals surface area (Å²) >= 11 is 0. The van der Waals surface area contributed by atoms with Gasteiger partial charge in [0.2, 0.25) is 5.91 Å². The number of anilines is 2. The summed E-state index contributed by atoms with van der Waals surface area (Å²) in [4.78, 5) is 36.6. The standard InChI is InChI=1S/C25H39N7O3/c1-15(2)12-20(28-24(34)35-25(5,6)7)23(33)32-10-8-18(9-11-32)19-14-21(27-17(4)26-19)29-22-13-16(3)30-31-22/h13-15,18,20H,8-12H2,1-7H3,(H,28,34)(H2,26,27,29,30,31)/t20-/m0/s1. The molecule has 0 saturated carbocycles. The molecule has 1 atom stereocenters. The molecule has 2 amide bonds. The van der Waals surface area contributed by atoms with Gasteiger partial charge in [-0.05, 0) is 59.8 Å². The zero-order valence-corrected chi connectivity index (χ0v) is 21.9. The first-order valence-corrected chi connectivity index (χ1v) is 12.3. The number of aromatic amines is 1. The summed E-state index contributed by atoms with van der Waals surface area (Å²) in [6.45, 7) is 14.5. The molecule has 0 aliphatic carbocycles. The molecule has 0 spiro atoms. The largest absolute Gasteiger partial charge is 0.444 e. The highest BCUT2D eigenvalue weighted by Crippen LogP contribution is 2.29.